The highest BCUT2D eigenvalue weighted by Gasteiger charge is 2.13. The van der Waals surface area contributed by atoms with E-state index in [0.29, 0.717) is 6.54 Å². The minimum atomic E-state index is -0.725. The summed E-state index contributed by atoms with van der Waals surface area (Å²) in [6, 6.07) is 0. The molecule has 0 amide bonds. The Hall–Kier alpha value is -0.170. The minimum Gasteiger partial charge on any atom is -0.389 e. The molecule has 0 aromatic carbocycles. The molecule has 0 aliphatic carbocycles. The summed E-state index contributed by atoms with van der Waals surface area (Å²) in [7, 11) is 0. The highest BCUT2D eigenvalue weighted by atomic mass is 127. The molecule has 0 saturated heterocycles. The second-order valence-electron chi connectivity index (χ2n) is 3.05. The Labute approximate surface area is 78.7 Å². The predicted octanol–water partition coefficient (Wildman–Crippen LogP) is 0.654. The number of aliphatic hydroxyl groups is 1. The maximum atomic E-state index is 9.39. The molecule has 0 spiro atoms. The van der Waals surface area contributed by atoms with E-state index in [0.717, 1.165) is 3.70 Å². The summed E-state index contributed by atoms with van der Waals surface area (Å²) in [5.41, 5.74) is -0.725. The zero-order valence-corrected chi connectivity index (χ0v) is 8.61. The zero-order chi connectivity index (χ0) is 8.48. The van der Waals surface area contributed by atoms with Gasteiger partial charge in [-0.1, -0.05) is 5.21 Å². The Morgan fingerprint density at radius 1 is 1.73 bits per heavy atom. The molecule has 5 heteroatoms. The van der Waals surface area contributed by atoms with Crippen molar-refractivity contribution < 1.29 is 5.11 Å². The fourth-order valence-corrected chi connectivity index (χ4v) is 1.17. The van der Waals surface area contributed by atoms with E-state index in [2.05, 4.69) is 32.9 Å². The van der Waals surface area contributed by atoms with Crippen LogP contribution in [0, 0.1) is 3.70 Å². The summed E-state index contributed by atoms with van der Waals surface area (Å²) in [6.07, 6.45) is 1.79. The van der Waals surface area contributed by atoms with Gasteiger partial charge in [-0.05, 0) is 36.4 Å². The molecule has 0 aliphatic heterocycles. The van der Waals surface area contributed by atoms with E-state index in [-0.39, 0.29) is 0 Å². The van der Waals surface area contributed by atoms with Crippen LogP contribution in [-0.4, -0.2) is 25.7 Å². The van der Waals surface area contributed by atoms with Gasteiger partial charge in [-0.2, -0.15) is 0 Å². The van der Waals surface area contributed by atoms with Crippen molar-refractivity contribution in [3.8, 4) is 0 Å². The molecule has 0 radical (unpaired) electrons. The summed E-state index contributed by atoms with van der Waals surface area (Å²) in [5, 5.41) is 17.0. The second kappa shape index (κ2) is 3.06. The lowest BCUT2D eigenvalue weighted by Gasteiger charge is -2.15. The van der Waals surface area contributed by atoms with Crippen LogP contribution < -0.4 is 0 Å². The van der Waals surface area contributed by atoms with Crippen molar-refractivity contribution in [2.75, 3.05) is 0 Å². The fourth-order valence-electron chi connectivity index (χ4n) is 0.748. The second-order valence-corrected chi connectivity index (χ2v) is 4.16. The third-order valence-electron chi connectivity index (χ3n) is 1.06. The van der Waals surface area contributed by atoms with Crippen LogP contribution in [0.1, 0.15) is 13.8 Å². The first-order valence-corrected chi connectivity index (χ1v) is 4.33. The van der Waals surface area contributed by atoms with Crippen LogP contribution in [0.3, 0.4) is 0 Å². The number of halogens is 1. The molecule has 0 fully saturated rings. The maximum Gasteiger partial charge on any atom is 0.143 e. The van der Waals surface area contributed by atoms with Crippen molar-refractivity contribution >= 4 is 22.6 Å². The molecule has 1 N–H and O–H groups in total. The Morgan fingerprint density at radius 2 is 2.36 bits per heavy atom. The standard InChI is InChI=1S/C6H10IN3O/c1-6(2,11)4-10-3-5(7)8-9-10/h3,11H,4H2,1-2H3. The van der Waals surface area contributed by atoms with Crippen LogP contribution in [0.2, 0.25) is 0 Å². The smallest absolute Gasteiger partial charge is 0.143 e. The van der Waals surface area contributed by atoms with Crippen LogP contribution in [0.15, 0.2) is 6.20 Å². The first-order valence-electron chi connectivity index (χ1n) is 3.25. The monoisotopic (exact) mass is 267 g/mol. The van der Waals surface area contributed by atoms with E-state index in [1.54, 1.807) is 24.7 Å². The fraction of sp³-hybridized carbons (Fsp3) is 0.667. The maximum absolute atomic E-state index is 9.39. The molecule has 0 unspecified atom stereocenters. The topological polar surface area (TPSA) is 50.9 Å². The molecular weight excluding hydrogens is 257 g/mol. The van der Waals surface area contributed by atoms with E-state index in [4.69, 9.17) is 0 Å². The number of rotatable bonds is 2. The lowest BCUT2D eigenvalue weighted by Crippen LogP contribution is -2.26. The molecular formula is C6H10IN3O. The average molecular weight is 267 g/mol. The SMILES string of the molecule is CC(C)(O)Cn1cc(I)nn1. The molecule has 0 atom stereocenters. The summed E-state index contributed by atoms with van der Waals surface area (Å²) in [5.74, 6) is 0. The number of hydrogen-bond acceptors (Lipinski definition) is 3. The lowest BCUT2D eigenvalue weighted by molar-refractivity contribution is 0.0571. The highest BCUT2D eigenvalue weighted by molar-refractivity contribution is 14.1. The molecule has 62 valence electrons. The third-order valence-corrected chi connectivity index (χ3v) is 1.55. The molecule has 0 saturated carbocycles. The molecule has 0 bridgehead atoms. The van der Waals surface area contributed by atoms with Gasteiger partial charge in [0.2, 0.25) is 0 Å². The summed E-state index contributed by atoms with van der Waals surface area (Å²) < 4.78 is 2.47. The van der Waals surface area contributed by atoms with Gasteiger partial charge in [0, 0.05) is 0 Å². The van der Waals surface area contributed by atoms with Crippen LogP contribution >= 0.6 is 22.6 Å². The van der Waals surface area contributed by atoms with Gasteiger partial charge in [-0.3, -0.25) is 0 Å². The third kappa shape index (κ3) is 3.15. The van der Waals surface area contributed by atoms with E-state index >= 15 is 0 Å². The molecule has 1 aromatic heterocycles. The Kier molecular flexibility index (Phi) is 2.48. The van der Waals surface area contributed by atoms with Crippen molar-refractivity contribution in [1.82, 2.24) is 15.0 Å². The van der Waals surface area contributed by atoms with E-state index in [9.17, 15) is 5.11 Å². The molecule has 1 aromatic rings. The molecule has 4 nitrogen and oxygen atoms in total. The molecule has 11 heavy (non-hydrogen) atoms. The van der Waals surface area contributed by atoms with Gasteiger partial charge in [-0.15, -0.1) is 5.10 Å². The average Bonchev–Trinajstić information content (AvgIpc) is 2.10. The highest BCUT2D eigenvalue weighted by Crippen LogP contribution is 2.05. The van der Waals surface area contributed by atoms with E-state index < -0.39 is 5.60 Å². The van der Waals surface area contributed by atoms with Crippen LogP contribution in [-0.2, 0) is 6.54 Å². The zero-order valence-electron chi connectivity index (χ0n) is 6.45. The predicted molar refractivity (Wildman–Crippen MR) is 49.0 cm³/mol. The van der Waals surface area contributed by atoms with Gasteiger partial charge < -0.3 is 5.11 Å². The van der Waals surface area contributed by atoms with Crippen LogP contribution in [0.25, 0.3) is 0 Å². The van der Waals surface area contributed by atoms with Gasteiger partial charge in [0.1, 0.15) is 3.70 Å². The Bertz CT molecular complexity index is 240. The lowest BCUT2D eigenvalue weighted by atomic mass is 10.1. The van der Waals surface area contributed by atoms with E-state index in [1.807, 2.05) is 0 Å². The molecule has 1 rings (SSSR count). The number of nitrogens with zero attached hydrogens (tertiary/aromatic N) is 3. The summed E-state index contributed by atoms with van der Waals surface area (Å²) in [6.45, 7) is 3.95. The van der Waals surface area contributed by atoms with Crippen molar-refractivity contribution in [3.05, 3.63) is 9.90 Å². The van der Waals surface area contributed by atoms with Crippen LogP contribution in [0.5, 0.6) is 0 Å². The van der Waals surface area contributed by atoms with E-state index in [1.165, 1.54) is 0 Å². The number of aromatic nitrogens is 3. The van der Waals surface area contributed by atoms with Crippen LogP contribution in [0.4, 0.5) is 0 Å². The van der Waals surface area contributed by atoms with Gasteiger partial charge in [0.25, 0.3) is 0 Å². The largest absolute Gasteiger partial charge is 0.389 e. The summed E-state index contributed by atoms with van der Waals surface area (Å²) in [4.78, 5) is 0. The Balaban J connectivity index is 2.65. The summed E-state index contributed by atoms with van der Waals surface area (Å²) >= 11 is 2.08. The Morgan fingerprint density at radius 3 is 2.73 bits per heavy atom. The van der Waals surface area contributed by atoms with Crippen molar-refractivity contribution in [3.63, 3.8) is 0 Å². The molecule has 0 aliphatic rings. The molecule has 1 heterocycles. The van der Waals surface area contributed by atoms with Gasteiger partial charge in [0.15, 0.2) is 0 Å². The number of hydrogen-bond donors (Lipinski definition) is 1. The van der Waals surface area contributed by atoms with Gasteiger partial charge in [0.05, 0.1) is 18.3 Å². The van der Waals surface area contributed by atoms with Crippen molar-refractivity contribution in [2.24, 2.45) is 0 Å². The first kappa shape index (κ1) is 8.92. The van der Waals surface area contributed by atoms with Gasteiger partial charge in [-0.25, -0.2) is 4.68 Å². The van der Waals surface area contributed by atoms with Crippen molar-refractivity contribution in [1.29, 1.82) is 0 Å². The first-order chi connectivity index (χ1) is 4.97. The normalized spacial score (nSPS) is 12.0. The van der Waals surface area contributed by atoms with Crippen molar-refractivity contribution in [2.45, 2.75) is 26.0 Å². The van der Waals surface area contributed by atoms with Gasteiger partial charge >= 0.3 is 0 Å². The quantitative estimate of drug-likeness (QED) is 0.800. The minimum absolute atomic E-state index is 0.475.